The lowest BCUT2D eigenvalue weighted by molar-refractivity contribution is -0.900. The Bertz CT molecular complexity index is 280. The predicted molar refractivity (Wildman–Crippen MR) is 73.8 cm³/mol. The summed E-state index contributed by atoms with van der Waals surface area (Å²) in [6, 6.07) is 0.00336. The first kappa shape index (κ1) is 18.1. The Hall–Kier alpha value is 0.0700. The van der Waals surface area contributed by atoms with E-state index in [1.165, 1.54) is 14.2 Å². The number of hydrogen-bond donors (Lipinski definition) is 1. The second-order valence-electron chi connectivity index (χ2n) is 6.04. The molecule has 0 radical (unpaired) electrons. The largest absolute Gasteiger partial charge is 0.386 e. The van der Waals surface area contributed by atoms with Gasteiger partial charge in [0.2, 0.25) is 0 Å². The van der Waals surface area contributed by atoms with Crippen LogP contribution in [-0.2, 0) is 13.6 Å². The van der Waals surface area contributed by atoms with Gasteiger partial charge in [-0.15, -0.1) is 0 Å². The molecule has 0 unspecified atom stereocenters. The standard InChI is InChI=1S/C12H29NO4P/c1-10(2)8-11(13(3,4)5)12(14)9-18(15,16-6)17-7/h10-12,14H,8-9H2,1-7H3/q+1/t11-,12-/m1/s1. The normalized spacial score (nSPS) is 16.9. The number of likely N-dealkylation sites (N-methyl/N-ethyl adjacent to an activating group) is 1. The average Bonchev–Trinajstić information content (AvgIpc) is 2.23. The molecule has 110 valence electrons. The van der Waals surface area contributed by atoms with Crippen molar-refractivity contribution in [1.82, 2.24) is 0 Å². The minimum Gasteiger partial charge on any atom is -0.386 e. The molecular weight excluding hydrogens is 253 g/mol. The van der Waals surface area contributed by atoms with Gasteiger partial charge in [0.05, 0.1) is 27.3 Å². The van der Waals surface area contributed by atoms with Crippen LogP contribution in [-0.4, -0.2) is 63.3 Å². The van der Waals surface area contributed by atoms with Gasteiger partial charge in [-0.1, -0.05) is 13.8 Å². The monoisotopic (exact) mass is 282 g/mol. The first-order valence-electron chi connectivity index (χ1n) is 6.25. The van der Waals surface area contributed by atoms with E-state index in [9.17, 15) is 9.67 Å². The summed E-state index contributed by atoms with van der Waals surface area (Å²) in [5, 5.41) is 10.3. The van der Waals surface area contributed by atoms with E-state index in [1.807, 2.05) is 21.1 Å². The fraction of sp³-hybridized carbons (Fsp3) is 1.00. The van der Waals surface area contributed by atoms with Crippen LogP contribution >= 0.6 is 7.60 Å². The predicted octanol–water partition coefficient (Wildman–Crippen LogP) is 1.95. The lowest BCUT2D eigenvalue weighted by Gasteiger charge is -2.38. The molecule has 0 fully saturated rings. The van der Waals surface area contributed by atoms with Crippen LogP contribution in [0.2, 0.25) is 0 Å². The molecule has 18 heavy (non-hydrogen) atoms. The summed E-state index contributed by atoms with van der Waals surface area (Å²) in [7, 11) is 5.62. The lowest BCUT2D eigenvalue weighted by Crippen LogP contribution is -2.53. The van der Waals surface area contributed by atoms with Crippen molar-refractivity contribution in [3.63, 3.8) is 0 Å². The Morgan fingerprint density at radius 2 is 1.61 bits per heavy atom. The fourth-order valence-corrected chi connectivity index (χ4v) is 3.20. The molecule has 0 spiro atoms. The van der Waals surface area contributed by atoms with Crippen LogP contribution in [0.25, 0.3) is 0 Å². The quantitative estimate of drug-likeness (QED) is 0.546. The van der Waals surface area contributed by atoms with Gasteiger partial charge in [-0.3, -0.25) is 4.57 Å². The van der Waals surface area contributed by atoms with E-state index >= 15 is 0 Å². The highest BCUT2D eigenvalue weighted by Gasteiger charge is 2.37. The summed E-state index contributed by atoms with van der Waals surface area (Å²) in [5.74, 6) is 0.464. The van der Waals surface area contributed by atoms with Crippen molar-refractivity contribution in [2.75, 3.05) is 41.5 Å². The topological polar surface area (TPSA) is 55.8 Å². The highest BCUT2D eigenvalue weighted by atomic mass is 31.2. The van der Waals surface area contributed by atoms with E-state index in [-0.39, 0.29) is 12.2 Å². The van der Waals surface area contributed by atoms with Gasteiger partial charge in [-0.25, -0.2) is 0 Å². The summed E-state index contributed by atoms with van der Waals surface area (Å²) in [6.45, 7) is 4.23. The van der Waals surface area contributed by atoms with Crippen LogP contribution in [0.1, 0.15) is 20.3 Å². The van der Waals surface area contributed by atoms with Crippen molar-refractivity contribution in [3.05, 3.63) is 0 Å². The van der Waals surface area contributed by atoms with Crippen molar-refractivity contribution in [1.29, 1.82) is 0 Å². The molecule has 1 N–H and O–H groups in total. The van der Waals surface area contributed by atoms with Gasteiger partial charge < -0.3 is 18.6 Å². The van der Waals surface area contributed by atoms with Gasteiger partial charge in [0.1, 0.15) is 12.1 Å². The maximum Gasteiger partial charge on any atom is 0.332 e. The second kappa shape index (κ2) is 7.01. The SMILES string of the molecule is COP(=O)(C[C@@H](O)[C@@H](CC(C)C)[N+](C)(C)C)OC. The van der Waals surface area contributed by atoms with Gasteiger partial charge in [0.25, 0.3) is 0 Å². The van der Waals surface area contributed by atoms with Gasteiger partial charge in [-0.05, 0) is 5.92 Å². The first-order chi connectivity index (χ1) is 8.05. The van der Waals surface area contributed by atoms with E-state index in [0.29, 0.717) is 10.4 Å². The van der Waals surface area contributed by atoms with Crippen LogP contribution in [0.5, 0.6) is 0 Å². The zero-order valence-electron chi connectivity index (χ0n) is 12.7. The molecule has 0 bridgehead atoms. The van der Waals surface area contributed by atoms with Crippen LogP contribution in [0, 0.1) is 5.92 Å². The first-order valence-corrected chi connectivity index (χ1v) is 7.98. The Labute approximate surface area is 111 Å². The van der Waals surface area contributed by atoms with Gasteiger partial charge in [0.15, 0.2) is 0 Å². The minimum atomic E-state index is -3.16. The highest BCUT2D eigenvalue weighted by molar-refractivity contribution is 7.53. The van der Waals surface area contributed by atoms with Crippen molar-refractivity contribution in [2.45, 2.75) is 32.4 Å². The third-order valence-electron chi connectivity index (χ3n) is 3.12. The Balaban J connectivity index is 4.87. The van der Waals surface area contributed by atoms with Crippen LogP contribution in [0.15, 0.2) is 0 Å². The number of quaternary nitrogens is 1. The zero-order valence-corrected chi connectivity index (χ0v) is 13.6. The van der Waals surface area contributed by atoms with E-state index in [4.69, 9.17) is 9.05 Å². The van der Waals surface area contributed by atoms with Gasteiger partial charge >= 0.3 is 7.60 Å². The van der Waals surface area contributed by atoms with E-state index in [1.54, 1.807) is 0 Å². The molecule has 0 aromatic rings. The summed E-state index contributed by atoms with van der Waals surface area (Å²) < 4.78 is 22.5. The maximum atomic E-state index is 12.1. The molecule has 0 saturated heterocycles. The minimum absolute atomic E-state index is 0.00336. The number of aliphatic hydroxyl groups is 1. The molecule has 5 nitrogen and oxygen atoms in total. The molecule has 0 aliphatic heterocycles. The number of aliphatic hydroxyl groups excluding tert-OH is 1. The van der Waals surface area contributed by atoms with Crippen molar-refractivity contribution in [2.24, 2.45) is 5.92 Å². The lowest BCUT2D eigenvalue weighted by atomic mass is 9.97. The van der Waals surface area contributed by atoms with Crippen molar-refractivity contribution >= 4 is 7.60 Å². The number of hydrogen-bond acceptors (Lipinski definition) is 4. The Morgan fingerprint density at radius 1 is 1.17 bits per heavy atom. The van der Waals surface area contributed by atoms with E-state index in [0.717, 1.165) is 6.42 Å². The third kappa shape index (κ3) is 5.81. The Kier molecular flexibility index (Phi) is 7.04. The molecule has 6 heteroatoms. The molecular formula is C12H29NO4P+. The van der Waals surface area contributed by atoms with Crippen molar-refractivity contribution in [3.8, 4) is 0 Å². The van der Waals surface area contributed by atoms with Crippen molar-refractivity contribution < 1.29 is 23.2 Å². The molecule has 0 aliphatic rings. The van der Waals surface area contributed by atoms with Crippen LogP contribution < -0.4 is 0 Å². The molecule has 0 aliphatic carbocycles. The van der Waals surface area contributed by atoms with E-state index in [2.05, 4.69) is 13.8 Å². The van der Waals surface area contributed by atoms with Gasteiger partial charge in [0, 0.05) is 20.6 Å². The second-order valence-corrected chi connectivity index (χ2v) is 8.36. The average molecular weight is 282 g/mol. The molecule has 2 atom stereocenters. The highest BCUT2D eigenvalue weighted by Crippen LogP contribution is 2.47. The smallest absolute Gasteiger partial charge is 0.332 e. The molecule has 0 heterocycles. The zero-order chi connectivity index (χ0) is 14.6. The fourth-order valence-electron chi connectivity index (χ4n) is 2.05. The van der Waals surface area contributed by atoms with Crippen LogP contribution in [0.4, 0.5) is 0 Å². The third-order valence-corrected chi connectivity index (χ3v) is 5.05. The number of rotatable bonds is 8. The molecule has 0 aromatic carbocycles. The molecule has 0 amide bonds. The molecule has 0 saturated carbocycles. The molecule has 0 aromatic heterocycles. The van der Waals surface area contributed by atoms with E-state index < -0.39 is 13.7 Å². The van der Waals surface area contributed by atoms with Gasteiger partial charge in [-0.2, -0.15) is 0 Å². The maximum absolute atomic E-state index is 12.1. The summed E-state index contributed by atoms with van der Waals surface area (Å²) in [5.41, 5.74) is 0. The number of nitrogens with zero attached hydrogens (tertiary/aromatic N) is 1. The summed E-state index contributed by atoms with van der Waals surface area (Å²) in [6.07, 6.45) is 0.184. The Morgan fingerprint density at radius 3 is 1.89 bits per heavy atom. The molecule has 0 rings (SSSR count). The summed E-state index contributed by atoms with van der Waals surface area (Å²) >= 11 is 0. The van der Waals surface area contributed by atoms with Crippen LogP contribution in [0.3, 0.4) is 0 Å². The summed E-state index contributed by atoms with van der Waals surface area (Å²) in [4.78, 5) is 0.